The van der Waals surface area contributed by atoms with Gasteiger partial charge in [0.15, 0.2) is 0 Å². The monoisotopic (exact) mass is 356 g/mol. The maximum absolute atomic E-state index is 5.39. The zero-order valence-electron chi connectivity index (χ0n) is 14.0. The highest BCUT2D eigenvalue weighted by Gasteiger charge is 2.10. The number of benzene rings is 1. The van der Waals surface area contributed by atoms with Gasteiger partial charge in [-0.2, -0.15) is 0 Å². The molecule has 120 valence electrons. The highest BCUT2D eigenvalue weighted by atomic mass is 79.9. The predicted octanol–water partition coefficient (Wildman–Crippen LogP) is 3.81. The van der Waals surface area contributed by atoms with Gasteiger partial charge >= 0.3 is 0 Å². The Labute approximate surface area is 138 Å². The summed E-state index contributed by atoms with van der Waals surface area (Å²) in [6.07, 6.45) is 0. The molecule has 1 rings (SSSR count). The zero-order chi connectivity index (χ0) is 15.9. The van der Waals surface area contributed by atoms with Crippen molar-refractivity contribution in [3.63, 3.8) is 0 Å². The fourth-order valence-corrected chi connectivity index (χ4v) is 2.48. The summed E-state index contributed by atoms with van der Waals surface area (Å²) in [5.74, 6) is 0. The van der Waals surface area contributed by atoms with Crippen LogP contribution in [0.3, 0.4) is 0 Å². The first kappa shape index (κ1) is 18.6. The molecule has 21 heavy (non-hydrogen) atoms. The zero-order valence-corrected chi connectivity index (χ0v) is 15.6. The molecule has 0 atom stereocenters. The van der Waals surface area contributed by atoms with Crippen LogP contribution in [0.25, 0.3) is 0 Å². The summed E-state index contributed by atoms with van der Waals surface area (Å²) in [7, 11) is 2.13. The van der Waals surface area contributed by atoms with Gasteiger partial charge in [0.05, 0.1) is 6.61 Å². The SMILES string of the molecule is CCOCCN(C)Cc1ccc(CNC(C)(C)C)cc1Br. The number of ether oxygens (including phenoxy) is 1. The number of hydrogen-bond donors (Lipinski definition) is 1. The van der Waals surface area contributed by atoms with E-state index in [0.29, 0.717) is 0 Å². The van der Waals surface area contributed by atoms with E-state index in [9.17, 15) is 0 Å². The van der Waals surface area contributed by atoms with Crippen LogP contribution in [-0.2, 0) is 17.8 Å². The largest absolute Gasteiger partial charge is 0.380 e. The van der Waals surface area contributed by atoms with Crippen LogP contribution in [0.2, 0.25) is 0 Å². The quantitative estimate of drug-likeness (QED) is 0.716. The van der Waals surface area contributed by atoms with E-state index in [1.165, 1.54) is 15.6 Å². The van der Waals surface area contributed by atoms with Gasteiger partial charge in [-0.25, -0.2) is 0 Å². The summed E-state index contributed by atoms with van der Waals surface area (Å²) in [5.41, 5.74) is 2.76. The summed E-state index contributed by atoms with van der Waals surface area (Å²) >= 11 is 3.69. The summed E-state index contributed by atoms with van der Waals surface area (Å²) in [6, 6.07) is 6.63. The Hall–Kier alpha value is -0.420. The minimum absolute atomic E-state index is 0.143. The second-order valence-corrected chi connectivity index (χ2v) is 7.32. The van der Waals surface area contributed by atoms with Crippen LogP contribution >= 0.6 is 15.9 Å². The lowest BCUT2D eigenvalue weighted by molar-refractivity contribution is 0.120. The van der Waals surface area contributed by atoms with Crippen LogP contribution in [0.15, 0.2) is 22.7 Å². The Morgan fingerprint density at radius 2 is 2.00 bits per heavy atom. The predicted molar refractivity (Wildman–Crippen MR) is 93.6 cm³/mol. The van der Waals surface area contributed by atoms with Crippen molar-refractivity contribution < 1.29 is 4.74 Å². The first-order valence-corrected chi connectivity index (χ1v) is 8.39. The minimum Gasteiger partial charge on any atom is -0.380 e. The average Bonchev–Trinajstić information content (AvgIpc) is 2.39. The Bertz CT molecular complexity index is 429. The summed E-state index contributed by atoms with van der Waals surface area (Å²) < 4.78 is 6.57. The molecule has 4 heteroatoms. The van der Waals surface area contributed by atoms with Crippen molar-refractivity contribution in [1.29, 1.82) is 0 Å². The molecule has 0 heterocycles. The van der Waals surface area contributed by atoms with Gasteiger partial charge < -0.3 is 10.1 Å². The van der Waals surface area contributed by atoms with Gasteiger partial charge in [0, 0.05) is 36.3 Å². The molecule has 0 saturated heterocycles. The lowest BCUT2D eigenvalue weighted by Gasteiger charge is -2.21. The standard InChI is InChI=1S/C17H29BrN2O/c1-6-21-10-9-20(5)13-15-8-7-14(11-16(15)18)12-19-17(2,3)4/h7-8,11,19H,6,9-10,12-13H2,1-5H3. The second-order valence-electron chi connectivity index (χ2n) is 6.46. The first-order chi connectivity index (χ1) is 9.81. The molecule has 0 bridgehead atoms. The van der Waals surface area contributed by atoms with E-state index in [0.717, 1.165) is 32.8 Å². The van der Waals surface area contributed by atoms with E-state index in [-0.39, 0.29) is 5.54 Å². The Kier molecular flexibility index (Phi) is 7.88. The van der Waals surface area contributed by atoms with Crippen LogP contribution in [0.1, 0.15) is 38.8 Å². The number of hydrogen-bond acceptors (Lipinski definition) is 3. The van der Waals surface area contributed by atoms with Crippen molar-refractivity contribution in [2.75, 3.05) is 26.8 Å². The molecule has 0 spiro atoms. The molecule has 0 fully saturated rings. The number of nitrogens with zero attached hydrogens (tertiary/aromatic N) is 1. The lowest BCUT2D eigenvalue weighted by Crippen LogP contribution is -2.35. The topological polar surface area (TPSA) is 24.5 Å². The van der Waals surface area contributed by atoms with Gasteiger partial charge in [-0.05, 0) is 51.9 Å². The fourth-order valence-electron chi connectivity index (χ4n) is 1.93. The van der Waals surface area contributed by atoms with Gasteiger partial charge in [-0.15, -0.1) is 0 Å². The number of halogens is 1. The third-order valence-electron chi connectivity index (χ3n) is 3.20. The summed E-state index contributed by atoms with van der Waals surface area (Å²) in [4.78, 5) is 2.28. The van der Waals surface area contributed by atoms with E-state index in [1.807, 2.05) is 6.92 Å². The number of rotatable bonds is 8. The van der Waals surface area contributed by atoms with Crippen molar-refractivity contribution in [3.8, 4) is 0 Å². The first-order valence-electron chi connectivity index (χ1n) is 7.60. The van der Waals surface area contributed by atoms with Gasteiger partial charge in [0.2, 0.25) is 0 Å². The maximum atomic E-state index is 5.39. The molecule has 0 unspecified atom stereocenters. The molecule has 0 aliphatic rings. The van der Waals surface area contributed by atoms with Crippen LogP contribution in [0, 0.1) is 0 Å². The van der Waals surface area contributed by atoms with Gasteiger partial charge in [-0.1, -0.05) is 28.1 Å². The molecule has 0 radical (unpaired) electrons. The summed E-state index contributed by atoms with van der Waals surface area (Å²) in [6.45, 7) is 12.9. The van der Waals surface area contributed by atoms with Crippen LogP contribution in [0.4, 0.5) is 0 Å². The summed E-state index contributed by atoms with van der Waals surface area (Å²) in [5, 5.41) is 3.51. The van der Waals surface area contributed by atoms with E-state index < -0.39 is 0 Å². The van der Waals surface area contributed by atoms with Crippen molar-refractivity contribution in [1.82, 2.24) is 10.2 Å². The van der Waals surface area contributed by atoms with E-state index in [4.69, 9.17) is 4.74 Å². The molecular weight excluding hydrogens is 328 g/mol. The van der Waals surface area contributed by atoms with Gasteiger partial charge in [-0.3, -0.25) is 4.90 Å². The second kappa shape index (κ2) is 8.89. The van der Waals surface area contributed by atoms with Crippen molar-refractivity contribution >= 4 is 15.9 Å². The molecule has 1 aromatic rings. The third-order valence-corrected chi connectivity index (χ3v) is 3.94. The van der Waals surface area contributed by atoms with Crippen LogP contribution in [-0.4, -0.2) is 37.2 Å². The van der Waals surface area contributed by atoms with E-state index >= 15 is 0 Å². The minimum atomic E-state index is 0.143. The lowest BCUT2D eigenvalue weighted by atomic mass is 10.1. The number of nitrogens with one attached hydrogen (secondary N) is 1. The highest BCUT2D eigenvalue weighted by molar-refractivity contribution is 9.10. The molecule has 0 aromatic heterocycles. The van der Waals surface area contributed by atoms with Crippen LogP contribution in [0.5, 0.6) is 0 Å². The van der Waals surface area contributed by atoms with E-state index in [1.54, 1.807) is 0 Å². The van der Waals surface area contributed by atoms with Crippen molar-refractivity contribution in [2.24, 2.45) is 0 Å². The number of likely N-dealkylation sites (N-methyl/N-ethyl adjacent to an activating group) is 1. The fraction of sp³-hybridized carbons (Fsp3) is 0.647. The molecule has 1 N–H and O–H groups in total. The molecule has 0 saturated carbocycles. The molecule has 0 aliphatic carbocycles. The van der Waals surface area contributed by atoms with Crippen LogP contribution < -0.4 is 5.32 Å². The normalized spacial score (nSPS) is 12.1. The Morgan fingerprint density at radius 1 is 1.29 bits per heavy atom. The molecule has 1 aromatic carbocycles. The highest BCUT2D eigenvalue weighted by Crippen LogP contribution is 2.20. The Balaban J connectivity index is 2.53. The molecule has 0 aliphatic heterocycles. The molecule has 0 amide bonds. The van der Waals surface area contributed by atoms with Crippen molar-refractivity contribution in [3.05, 3.63) is 33.8 Å². The van der Waals surface area contributed by atoms with Crippen molar-refractivity contribution in [2.45, 2.75) is 46.3 Å². The van der Waals surface area contributed by atoms with E-state index in [2.05, 4.69) is 72.2 Å². The average molecular weight is 357 g/mol. The molecule has 3 nitrogen and oxygen atoms in total. The maximum Gasteiger partial charge on any atom is 0.0593 e. The molecular formula is C17H29BrN2O. The van der Waals surface area contributed by atoms with Gasteiger partial charge in [0.25, 0.3) is 0 Å². The smallest absolute Gasteiger partial charge is 0.0593 e. The third kappa shape index (κ3) is 7.96. The Morgan fingerprint density at radius 3 is 2.57 bits per heavy atom. The van der Waals surface area contributed by atoms with Gasteiger partial charge in [0.1, 0.15) is 0 Å².